The van der Waals surface area contributed by atoms with Crippen molar-refractivity contribution in [3.63, 3.8) is 0 Å². The molecule has 1 aromatic heterocycles. The molecule has 1 aromatic rings. The van der Waals surface area contributed by atoms with E-state index in [1.54, 1.807) is 0 Å². The van der Waals surface area contributed by atoms with Gasteiger partial charge < -0.3 is 12.4 Å². The molecule has 0 radical (unpaired) electrons. The molecule has 0 saturated heterocycles. The van der Waals surface area contributed by atoms with Crippen molar-refractivity contribution in [2.24, 2.45) is 0 Å². The topological polar surface area (TPSA) is 15.8 Å². The van der Waals surface area contributed by atoms with Crippen LogP contribution in [0.5, 0.6) is 0 Å². The normalized spacial score (nSPS) is 5.71. The van der Waals surface area contributed by atoms with Crippen molar-refractivity contribution in [3.8, 4) is 0 Å². The fourth-order valence-corrected chi connectivity index (χ4v) is 0.241. The van der Waals surface area contributed by atoms with E-state index in [-0.39, 0.29) is 26.9 Å². The van der Waals surface area contributed by atoms with Crippen molar-refractivity contribution in [2.45, 2.75) is 0 Å². The van der Waals surface area contributed by atoms with E-state index in [1.807, 2.05) is 18.3 Å². The minimum Gasteiger partial charge on any atom is -0.484 e. The molecule has 0 bridgehead atoms. The third-order valence-corrected chi connectivity index (χ3v) is 0.442. The Morgan fingerprint density at radius 1 is 1.43 bits per heavy atom. The first-order valence-electron chi connectivity index (χ1n) is 1.49. The van der Waals surface area contributed by atoms with Crippen molar-refractivity contribution < 1.29 is 19.5 Å². The summed E-state index contributed by atoms with van der Waals surface area (Å²) < 4.78 is 0. The fraction of sp³-hybridized carbons (Fsp3) is 0. The molecule has 0 amide bonds. The Bertz CT molecular complexity index is 64.6. The van der Waals surface area contributed by atoms with Crippen LogP contribution in [0.4, 0.5) is 0 Å². The van der Waals surface area contributed by atoms with Crippen LogP contribution in [0, 0.1) is 13.6 Å². The molecular formula is C5H9NRu. The predicted octanol–water partition coefficient (Wildman–Crippen LogP) is 0.727. The van der Waals surface area contributed by atoms with Gasteiger partial charge in [-0.15, -0.1) is 6.20 Å². The van der Waals surface area contributed by atoms with E-state index in [2.05, 4.69) is 11.2 Å². The zero-order valence-corrected chi connectivity index (χ0v) is 6.15. The summed E-state index contributed by atoms with van der Waals surface area (Å²) in [5, 5.41) is 0. The maximum atomic E-state index is 2.74. The summed E-state index contributed by atoms with van der Waals surface area (Å²) in [4.78, 5) is 2.74. The predicted molar refractivity (Wildman–Crippen MR) is 28.8 cm³/mol. The van der Waals surface area contributed by atoms with E-state index in [4.69, 9.17) is 0 Å². The van der Waals surface area contributed by atoms with E-state index < -0.39 is 0 Å². The van der Waals surface area contributed by atoms with Crippen LogP contribution in [0.1, 0.15) is 0 Å². The maximum absolute atomic E-state index is 2.74. The van der Waals surface area contributed by atoms with E-state index in [1.165, 1.54) is 0 Å². The quantitative estimate of drug-likeness (QED) is 0.452. The Morgan fingerprint density at radius 2 is 2.14 bits per heavy atom. The molecule has 0 spiro atoms. The van der Waals surface area contributed by atoms with Crippen molar-refractivity contribution in [2.75, 3.05) is 0 Å². The molecule has 7 heavy (non-hydrogen) atoms. The second kappa shape index (κ2) is 5.90. The summed E-state index contributed by atoms with van der Waals surface area (Å²) in [7, 11) is 0. The molecule has 1 nitrogen and oxygen atoms in total. The van der Waals surface area contributed by atoms with Gasteiger partial charge in [-0.25, -0.2) is 0 Å². The van der Waals surface area contributed by atoms with Crippen LogP contribution in [-0.2, 0) is 19.5 Å². The van der Waals surface area contributed by atoms with Crippen molar-refractivity contribution in [1.82, 2.24) is 4.98 Å². The van der Waals surface area contributed by atoms with Gasteiger partial charge in [0.1, 0.15) is 0 Å². The average molecular weight is 184 g/mol. The molecule has 0 atom stereocenters. The van der Waals surface area contributed by atoms with Gasteiger partial charge in [-0.05, 0) is 0 Å². The summed E-state index contributed by atoms with van der Waals surface area (Å²) in [5.41, 5.74) is 0. The Morgan fingerprint density at radius 3 is 2.29 bits per heavy atom. The Hall–Kier alpha value is -0.0966. The van der Waals surface area contributed by atoms with Crippen LogP contribution in [0.15, 0.2) is 18.3 Å². The van der Waals surface area contributed by atoms with Crippen LogP contribution in [0.3, 0.4) is 0 Å². The maximum Gasteiger partial charge on any atom is -0.108 e. The third-order valence-electron chi connectivity index (χ3n) is 0.442. The van der Waals surface area contributed by atoms with Crippen LogP contribution < -0.4 is 0 Å². The molecule has 2 heteroatoms. The number of aromatic nitrogens is 1. The number of aromatic amines is 1. The van der Waals surface area contributed by atoms with Crippen molar-refractivity contribution in [1.29, 1.82) is 0 Å². The third kappa shape index (κ3) is 3.74. The first kappa shape index (κ1) is 10.0. The number of hydrogen-bond donors (Lipinski definition) is 1. The number of nitrogens with one attached hydrogen (secondary N) is 1. The van der Waals surface area contributed by atoms with Crippen LogP contribution in [-0.4, -0.2) is 4.98 Å². The Balaban J connectivity index is 0. The second-order valence-corrected chi connectivity index (χ2v) is 0.814. The average Bonchev–Trinajstić information content (AvgIpc) is 1.76. The molecule has 1 heterocycles. The smallest absolute Gasteiger partial charge is 0.108 e. The summed E-state index contributed by atoms with van der Waals surface area (Å²) in [6, 6.07) is 3.71. The first-order chi connectivity index (χ1) is 2.50. The minimum absolute atomic E-state index is 0. The summed E-state index contributed by atoms with van der Waals surface area (Å²) in [6.07, 6.45) is 4.56. The second-order valence-electron chi connectivity index (χ2n) is 0.814. The molecule has 1 rings (SSSR count). The van der Waals surface area contributed by atoms with E-state index in [9.17, 15) is 0 Å². The molecular weight excluding hydrogens is 175 g/mol. The Labute approximate surface area is 56.9 Å². The molecule has 0 saturated carbocycles. The number of rotatable bonds is 0. The SMILES string of the molecule is [CH3-].[RuH2+2].[c-]1ccc[nH]1. The number of H-pyrrole nitrogens is 1. The van der Waals surface area contributed by atoms with Gasteiger partial charge in [-0.1, -0.05) is 0 Å². The molecule has 42 valence electrons. The molecule has 0 aliphatic carbocycles. The Kier molecular flexibility index (Phi) is 8.44. The van der Waals surface area contributed by atoms with Crippen LogP contribution >= 0.6 is 0 Å². The zero-order valence-electron chi connectivity index (χ0n) is 4.14. The summed E-state index contributed by atoms with van der Waals surface area (Å²) in [5.74, 6) is 0. The molecule has 0 aliphatic heterocycles. The largest absolute Gasteiger partial charge is 0.484 e. The molecule has 0 aromatic carbocycles. The van der Waals surface area contributed by atoms with E-state index in [0.29, 0.717) is 0 Å². The van der Waals surface area contributed by atoms with Gasteiger partial charge in [0.15, 0.2) is 0 Å². The van der Waals surface area contributed by atoms with Gasteiger partial charge in [0.2, 0.25) is 0 Å². The minimum atomic E-state index is 0. The molecule has 0 fully saturated rings. The summed E-state index contributed by atoms with van der Waals surface area (Å²) >= 11 is 0. The molecule has 0 aliphatic rings. The van der Waals surface area contributed by atoms with Crippen molar-refractivity contribution >= 4 is 0 Å². The van der Waals surface area contributed by atoms with E-state index in [0.717, 1.165) is 0 Å². The van der Waals surface area contributed by atoms with Gasteiger partial charge in [-0.3, -0.25) is 0 Å². The van der Waals surface area contributed by atoms with Gasteiger partial charge in [-0.2, -0.15) is 18.3 Å². The summed E-state index contributed by atoms with van der Waals surface area (Å²) in [6.45, 7) is 0. The standard InChI is InChI=1S/C4H4N.CH3.Ru.2H/c1-2-4-5-3-1;;;;/h1-3,5H;1H3;;;/q2*-1;+2;;. The molecule has 1 N–H and O–H groups in total. The van der Waals surface area contributed by atoms with Gasteiger partial charge in [0.25, 0.3) is 0 Å². The van der Waals surface area contributed by atoms with Crippen LogP contribution in [0.2, 0.25) is 0 Å². The van der Waals surface area contributed by atoms with Crippen molar-refractivity contribution in [3.05, 3.63) is 32.0 Å². The molecule has 0 unspecified atom stereocenters. The number of hydrogen-bond acceptors (Lipinski definition) is 0. The van der Waals surface area contributed by atoms with Gasteiger partial charge in [0, 0.05) is 0 Å². The first-order valence-corrected chi connectivity index (χ1v) is 1.49. The monoisotopic (exact) mass is 185 g/mol. The van der Waals surface area contributed by atoms with Gasteiger partial charge >= 0.3 is 19.5 Å². The van der Waals surface area contributed by atoms with E-state index >= 15 is 0 Å². The zero-order chi connectivity index (χ0) is 3.54. The van der Waals surface area contributed by atoms with Gasteiger partial charge in [0.05, 0.1) is 0 Å². The van der Waals surface area contributed by atoms with Crippen LogP contribution in [0.25, 0.3) is 0 Å². The fourth-order valence-electron chi connectivity index (χ4n) is 0.241.